The molecule has 0 aliphatic carbocycles. The summed E-state index contributed by atoms with van der Waals surface area (Å²) in [5.74, 6) is -0.576. The second-order valence-corrected chi connectivity index (χ2v) is 10.5. The number of halogens is 4. The van der Waals surface area contributed by atoms with E-state index < -0.39 is 39.1 Å². The first-order valence-corrected chi connectivity index (χ1v) is 13.3. The van der Waals surface area contributed by atoms with E-state index in [1.807, 2.05) is 31.2 Å². The predicted molar refractivity (Wildman–Crippen MR) is 151 cm³/mol. The first-order chi connectivity index (χ1) is 19.9. The van der Waals surface area contributed by atoms with E-state index in [9.17, 15) is 28.1 Å². The Labute approximate surface area is 245 Å². The summed E-state index contributed by atoms with van der Waals surface area (Å²) in [4.78, 5) is 29.7. The van der Waals surface area contributed by atoms with Crippen molar-refractivity contribution in [2.24, 2.45) is 0 Å². The lowest BCUT2D eigenvalue weighted by atomic mass is 10.1. The molecule has 0 unspecified atom stereocenters. The normalized spacial score (nSPS) is 11.5. The van der Waals surface area contributed by atoms with Crippen LogP contribution in [0.1, 0.15) is 21.7 Å². The van der Waals surface area contributed by atoms with Crippen LogP contribution in [0.2, 0.25) is 5.02 Å². The number of carbonyl (C=O) groups excluding carboxylic acids is 1. The number of anilines is 1. The van der Waals surface area contributed by atoms with Gasteiger partial charge < -0.3 is 10.1 Å². The molecule has 5 rings (SSSR count). The highest BCUT2D eigenvalue weighted by molar-refractivity contribution is 7.99. The van der Waals surface area contributed by atoms with Gasteiger partial charge in [-0.05, 0) is 43.3 Å². The molecule has 0 radical (unpaired) electrons. The number of hydrogen-bond donors (Lipinski definition) is 1. The number of rotatable bonds is 7. The number of nitrogens with one attached hydrogen (secondary N) is 1. The van der Waals surface area contributed by atoms with Crippen LogP contribution in [0.4, 0.5) is 24.5 Å². The standard InChI is InChI=1S/C28H19ClF3N5O4S/c1-15-6-8-20(9-7-15)42-21-12-17(11-18(13-21)37(39)40)33-27(38)25-24(29)26-34-22(16-4-3-5-19(10-16)41-2)14-23(28(30,31)32)36(26)35-25/h3-14H,1-2H3,(H,33,38). The lowest BCUT2D eigenvalue weighted by molar-refractivity contribution is -0.385. The number of carbonyl (C=O) groups is 1. The van der Waals surface area contributed by atoms with Crippen LogP contribution in [0.15, 0.2) is 82.6 Å². The average Bonchev–Trinajstić information content (AvgIpc) is 3.29. The third-order valence-electron chi connectivity index (χ3n) is 6.02. The molecule has 3 aromatic carbocycles. The number of hydrogen-bond acceptors (Lipinski definition) is 7. The van der Waals surface area contributed by atoms with E-state index in [2.05, 4.69) is 15.4 Å². The first-order valence-electron chi connectivity index (χ1n) is 12.1. The van der Waals surface area contributed by atoms with E-state index in [1.165, 1.54) is 37.1 Å². The van der Waals surface area contributed by atoms with Gasteiger partial charge in [-0.15, -0.1) is 0 Å². The van der Waals surface area contributed by atoms with Crippen LogP contribution >= 0.6 is 23.4 Å². The summed E-state index contributed by atoms with van der Waals surface area (Å²) in [6, 6.07) is 18.5. The van der Waals surface area contributed by atoms with Crippen molar-refractivity contribution in [3.05, 3.63) is 105 Å². The number of nitro groups is 1. The number of methoxy groups -OCH3 is 1. The number of benzene rings is 3. The zero-order valence-electron chi connectivity index (χ0n) is 21.8. The minimum Gasteiger partial charge on any atom is -0.497 e. The van der Waals surface area contributed by atoms with Gasteiger partial charge >= 0.3 is 6.18 Å². The second-order valence-electron chi connectivity index (χ2n) is 9.00. The number of fused-ring (bicyclic) bond motifs is 1. The van der Waals surface area contributed by atoms with Crippen LogP contribution in [0, 0.1) is 17.0 Å². The average molecular weight is 614 g/mol. The molecule has 0 aliphatic heterocycles. The van der Waals surface area contributed by atoms with Gasteiger partial charge in [0.25, 0.3) is 11.6 Å². The lowest BCUT2D eigenvalue weighted by Crippen LogP contribution is -2.16. The molecule has 0 saturated heterocycles. The SMILES string of the molecule is COc1cccc(-c2cc(C(F)(F)F)n3nc(C(=O)Nc4cc(Sc5ccc(C)cc5)cc([N+](=O)[O-])c4)c(Cl)c3n2)c1. The Bertz CT molecular complexity index is 1840. The minimum atomic E-state index is -4.87. The van der Waals surface area contributed by atoms with Crippen LogP contribution < -0.4 is 10.1 Å². The molecule has 0 aliphatic rings. The summed E-state index contributed by atoms with van der Waals surface area (Å²) in [6.45, 7) is 1.92. The summed E-state index contributed by atoms with van der Waals surface area (Å²) in [5.41, 5.74) is -1.14. The second kappa shape index (κ2) is 11.3. The number of non-ortho nitro benzene ring substituents is 1. The molecule has 1 N–H and O–H groups in total. The van der Waals surface area contributed by atoms with Gasteiger partial charge in [0.2, 0.25) is 0 Å². The zero-order valence-corrected chi connectivity index (χ0v) is 23.3. The number of aromatic nitrogens is 3. The van der Waals surface area contributed by atoms with Crippen LogP contribution in [0.5, 0.6) is 5.75 Å². The van der Waals surface area contributed by atoms with E-state index in [1.54, 1.807) is 18.2 Å². The molecule has 2 heterocycles. The van der Waals surface area contributed by atoms with E-state index in [-0.39, 0.29) is 17.1 Å². The number of aryl methyl sites for hydroxylation is 1. The highest BCUT2D eigenvalue weighted by Crippen LogP contribution is 2.36. The molecule has 5 aromatic rings. The number of nitro benzene ring substituents is 1. The number of nitrogens with zero attached hydrogens (tertiary/aromatic N) is 4. The molecule has 0 spiro atoms. The molecule has 14 heteroatoms. The lowest BCUT2D eigenvalue weighted by Gasteiger charge is -2.11. The summed E-state index contributed by atoms with van der Waals surface area (Å²) in [7, 11) is 1.42. The molecule has 0 atom stereocenters. The molecule has 2 aromatic heterocycles. The summed E-state index contributed by atoms with van der Waals surface area (Å²) in [6.07, 6.45) is -4.87. The largest absolute Gasteiger partial charge is 0.497 e. The van der Waals surface area contributed by atoms with E-state index in [0.29, 0.717) is 20.7 Å². The van der Waals surface area contributed by atoms with Crippen molar-refractivity contribution >= 4 is 46.3 Å². The number of alkyl halides is 3. The van der Waals surface area contributed by atoms with E-state index >= 15 is 0 Å². The van der Waals surface area contributed by atoms with Crippen LogP contribution in [0.25, 0.3) is 16.9 Å². The third-order valence-corrected chi connectivity index (χ3v) is 7.35. The van der Waals surface area contributed by atoms with Gasteiger partial charge in [0.05, 0.1) is 17.7 Å². The molecular weight excluding hydrogens is 595 g/mol. The predicted octanol–water partition coefficient (Wildman–Crippen LogP) is 7.70. The Morgan fingerprint density at radius 2 is 1.81 bits per heavy atom. The molecule has 9 nitrogen and oxygen atoms in total. The van der Waals surface area contributed by atoms with Gasteiger partial charge in [0.15, 0.2) is 17.0 Å². The smallest absolute Gasteiger partial charge is 0.433 e. The fraction of sp³-hybridized carbons (Fsp3) is 0.107. The summed E-state index contributed by atoms with van der Waals surface area (Å²) in [5, 5.41) is 17.4. The van der Waals surface area contributed by atoms with Crippen molar-refractivity contribution in [2.75, 3.05) is 12.4 Å². The van der Waals surface area contributed by atoms with E-state index in [0.717, 1.165) is 22.6 Å². The molecule has 1 amide bonds. The van der Waals surface area contributed by atoms with Crippen molar-refractivity contribution in [3.8, 4) is 17.0 Å². The van der Waals surface area contributed by atoms with Crippen molar-refractivity contribution < 1.29 is 27.6 Å². The molecule has 214 valence electrons. The van der Waals surface area contributed by atoms with Gasteiger partial charge in [-0.25, -0.2) is 9.50 Å². The van der Waals surface area contributed by atoms with Gasteiger partial charge in [-0.2, -0.15) is 18.3 Å². The molecule has 0 bridgehead atoms. The summed E-state index contributed by atoms with van der Waals surface area (Å²) < 4.78 is 47.9. The fourth-order valence-electron chi connectivity index (χ4n) is 4.02. The first kappa shape index (κ1) is 28.9. The Morgan fingerprint density at radius 3 is 2.48 bits per heavy atom. The minimum absolute atomic E-state index is 0.0259. The Kier molecular flexibility index (Phi) is 7.80. The van der Waals surface area contributed by atoms with Gasteiger partial charge in [0.1, 0.15) is 10.8 Å². The van der Waals surface area contributed by atoms with Gasteiger partial charge in [0, 0.05) is 33.2 Å². The highest BCUT2D eigenvalue weighted by Gasteiger charge is 2.37. The number of ether oxygens (including phenoxy) is 1. The Hall–Kier alpha value is -4.62. The Balaban J connectivity index is 1.54. The maximum absolute atomic E-state index is 14.1. The topological polar surface area (TPSA) is 112 Å². The molecular formula is C28H19ClF3N5O4S. The summed E-state index contributed by atoms with van der Waals surface area (Å²) >= 11 is 7.61. The van der Waals surface area contributed by atoms with Crippen molar-refractivity contribution in [3.63, 3.8) is 0 Å². The van der Waals surface area contributed by atoms with Gasteiger partial charge in [-0.1, -0.05) is 53.2 Å². The molecule has 42 heavy (non-hydrogen) atoms. The van der Waals surface area contributed by atoms with E-state index in [4.69, 9.17) is 16.3 Å². The maximum atomic E-state index is 14.1. The molecule has 0 fully saturated rings. The fourth-order valence-corrected chi connectivity index (χ4v) is 5.18. The van der Waals surface area contributed by atoms with Crippen molar-refractivity contribution in [1.29, 1.82) is 0 Å². The van der Waals surface area contributed by atoms with Crippen LogP contribution in [-0.4, -0.2) is 32.5 Å². The Morgan fingerprint density at radius 1 is 1.07 bits per heavy atom. The van der Waals surface area contributed by atoms with Crippen molar-refractivity contribution in [2.45, 2.75) is 22.9 Å². The van der Waals surface area contributed by atoms with Crippen molar-refractivity contribution in [1.82, 2.24) is 14.6 Å². The maximum Gasteiger partial charge on any atom is 0.433 e. The highest BCUT2D eigenvalue weighted by atomic mass is 35.5. The van der Waals surface area contributed by atoms with Gasteiger partial charge in [-0.3, -0.25) is 14.9 Å². The number of amides is 1. The zero-order chi connectivity index (χ0) is 30.2. The van der Waals surface area contributed by atoms with Crippen LogP contribution in [-0.2, 0) is 6.18 Å². The third kappa shape index (κ3) is 6.02. The monoisotopic (exact) mass is 613 g/mol. The quantitative estimate of drug-likeness (QED) is 0.148. The molecule has 0 saturated carbocycles. The van der Waals surface area contributed by atoms with Crippen LogP contribution in [0.3, 0.4) is 0 Å².